The Hall–Kier alpha value is -3.75. The van der Waals surface area contributed by atoms with Gasteiger partial charge in [-0.25, -0.2) is 9.67 Å². The normalized spacial score (nSPS) is 13.7. The molecule has 0 bridgehead atoms. The van der Waals surface area contributed by atoms with Crippen LogP contribution in [-0.4, -0.2) is 38.7 Å². The van der Waals surface area contributed by atoms with E-state index in [4.69, 9.17) is 0 Å². The number of aromatic nitrogens is 4. The first-order chi connectivity index (χ1) is 15.0. The molecule has 1 amide bonds. The first kappa shape index (κ1) is 20.5. The molecule has 2 aromatic heterocycles. The van der Waals surface area contributed by atoms with Crippen molar-refractivity contribution in [1.82, 2.24) is 19.7 Å². The van der Waals surface area contributed by atoms with Gasteiger partial charge in [-0.05, 0) is 56.5 Å². The average molecular weight is 419 g/mol. The fourth-order valence-corrected chi connectivity index (χ4v) is 3.46. The molecule has 0 radical (unpaired) electrons. The van der Waals surface area contributed by atoms with Gasteiger partial charge in [-0.1, -0.05) is 0 Å². The lowest BCUT2D eigenvalue weighted by Crippen LogP contribution is -2.31. The number of hydrogen-bond acceptors (Lipinski definition) is 7. The molecule has 0 atom stereocenters. The SMILES string of the molecule is Cc1cc(Nc2ccc(NC(=O)c3ccc(=O)n(C)n3)cc2)nc(N2CCCCC2)n1. The number of piperidine rings is 1. The summed E-state index contributed by atoms with van der Waals surface area (Å²) in [4.78, 5) is 35.3. The Labute approximate surface area is 180 Å². The van der Waals surface area contributed by atoms with E-state index in [9.17, 15) is 9.59 Å². The Morgan fingerprint density at radius 1 is 0.968 bits per heavy atom. The van der Waals surface area contributed by atoms with E-state index in [0.29, 0.717) is 5.69 Å². The Balaban J connectivity index is 1.43. The van der Waals surface area contributed by atoms with Crippen LogP contribution in [0, 0.1) is 6.92 Å². The van der Waals surface area contributed by atoms with E-state index < -0.39 is 0 Å². The van der Waals surface area contributed by atoms with Crippen LogP contribution in [-0.2, 0) is 7.05 Å². The van der Waals surface area contributed by atoms with Crippen LogP contribution >= 0.6 is 0 Å². The zero-order valence-electron chi connectivity index (χ0n) is 17.6. The van der Waals surface area contributed by atoms with Crippen molar-refractivity contribution in [3.05, 3.63) is 64.2 Å². The summed E-state index contributed by atoms with van der Waals surface area (Å²) in [5.41, 5.74) is 2.29. The van der Waals surface area contributed by atoms with Crippen molar-refractivity contribution in [2.45, 2.75) is 26.2 Å². The van der Waals surface area contributed by atoms with Gasteiger partial charge in [0.2, 0.25) is 5.95 Å². The fraction of sp³-hybridized carbons (Fsp3) is 0.318. The van der Waals surface area contributed by atoms with Crippen molar-refractivity contribution in [3.8, 4) is 0 Å². The van der Waals surface area contributed by atoms with Crippen molar-refractivity contribution in [3.63, 3.8) is 0 Å². The fourth-order valence-electron chi connectivity index (χ4n) is 3.46. The molecule has 1 aromatic carbocycles. The van der Waals surface area contributed by atoms with Gasteiger partial charge < -0.3 is 15.5 Å². The molecule has 1 aliphatic heterocycles. The number of nitrogens with zero attached hydrogens (tertiary/aromatic N) is 5. The number of anilines is 4. The Morgan fingerprint density at radius 2 is 1.68 bits per heavy atom. The predicted octanol–water partition coefficient (Wildman–Crippen LogP) is 2.86. The number of carbonyl (C=O) groups is 1. The number of nitrogens with one attached hydrogen (secondary N) is 2. The molecule has 3 aromatic rings. The highest BCUT2D eigenvalue weighted by atomic mass is 16.2. The van der Waals surface area contributed by atoms with Crippen LogP contribution in [0.3, 0.4) is 0 Å². The lowest BCUT2D eigenvalue weighted by Gasteiger charge is -2.27. The van der Waals surface area contributed by atoms with Crippen LogP contribution in [0.4, 0.5) is 23.1 Å². The van der Waals surface area contributed by atoms with E-state index in [0.717, 1.165) is 40.9 Å². The van der Waals surface area contributed by atoms with E-state index in [1.54, 1.807) is 12.1 Å². The van der Waals surface area contributed by atoms with Crippen molar-refractivity contribution in [2.75, 3.05) is 28.6 Å². The number of rotatable bonds is 5. The molecule has 0 spiro atoms. The molecule has 0 aliphatic carbocycles. The highest BCUT2D eigenvalue weighted by Gasteiger charge is 2.15. The zero-order chi connectivity index (χ0) is 21.8. The van der Waals surface area contributed by atoms with Crippen LogP contribution in [0.5, 0.6) is 0 Å². The van der Waals surface area contributed by atoms with E-state index in [2.05, 4.69) is 30.6 Å². The van der Waals surface area contributed by atoms with Crippen LogP contribution in [0.15, 0.2) is 47.3 Å². The maximum Gasteiger partial charge on any atom is 0.276 e. The summed E-state index contributed by atoms with van der Waals surface area (Å²) in [7, 11) is 1.51. The van der Waals surface area contributed by atoms with Crippen molar-refractivity contribution in [2.24, 2.45) is 7.05 Å². The molecule has 3 heterocycles. The molecule has 0 unspecified atom stereocenters. The number of hydrogen-bond donors (Lipinski definition) is 2. The Bertz CT molecular complexity index is 1140. The van der Waals surface area contributed by atoms with Crippen LogP contribution in [0.25, 0.3) is 0 Å². The van der Waals surface area contributed by atoms with Gasteiger partial charge in [0.1, 0.15) is 11.5 Å². The Morgan fingerprint density at radius 3 is 2.39 bits per heavy atom. The zero-order valence-corrected chi connectivity index (χ0v) is 17.6. The first-order valence-corrected chi connectivity index (χ1v) is 10.3. The second-order valence-electron chi connectivity index (χ2n) is 7.58. The molecule has 31 heavy (non-hydrogen) atoms. The quantitative estimate of drug-likeness (QED) is 0.655. The molecule has 1 saturated heterocycles. The number of amides is 1. The van der Waals surface area contributed by atoms with Gasteiger partial charge in [0.05, 0.1) is 0 Å². The second kappa shape index (κ2) is 8.95. The van der Waals surface area contributed by atoms with E-state index in [-0.39, 0.29) is 17.2 Å². The molecule has 160 valence electrons. The minimum atomic E-state index is -0.381. The summed E-state index contributed by atoms with van der Waals surface area (Å²) in [6.07, 6.45) is 3.60. The summed E-state index contributed by atoms with van der Waals surface area (Å²) in [6.45, 7) is 3.94. The van der Waals surface area contributed by atoms with Gasteiger partial charge >= 0.3 is 0 Å². The van der Waals surface area contributed by atoms with Crippen LogP contribution < -0.4 is 21.1 Å². The molecule has 0 saturated carbocycles. The van der Waals surface area contributed by atoms with E-state index in [1.807, 2.05) is 25.1 Å². The van der Waals surface area contributed by atoms with Gasteiger partial charge in [0.15, 0.2) is 0 Å². The molecule has 1 fully saturated rings. The second-order valence-corrected chi connectivity index (χ2v) is 7.58. The monoisotopic (exact) mass is 419 g/mol. The van der Waals surface area contributed by atoms with Crippen molar-refractivity contribution >= 4 is 29.0 Å². The molecule has 1 aliphatic rings. The van der Waals surface area contributed by atoms with Gasteiger partial charge in [-0.3, -0.25) is 9.59 Å². The van der Waals surface area contributed by atoms with Crippen molar-refractivity contribution in [1.29, 1.82) is 0 Å². The maximum atomic E-state index is 12.4. The van der Waals surface area contributed by atoms with Gasteiger partial charge in [-0.2, -0.15) is 10.1 Å². The molecule has 2 N–H and O–H groups in total. The summed E-state index contributed by atoms with van der Waals surface area (Å²) >= 11 is 0. The van der Waals surface area contributed by atoms with Gasteiger partial charge in [0, 0.05) is 49.3 Å². The molecular weight excluding hydrogens is 394 g/mol. The lowest BCUT2D eigenvalue weighted by molar-refractivity contribution is 0.102. The standard InChI is InChI=1S/C22H25N7O2/c1-15-14-19(26-22(23-15)29-12-4-3-5-13-29)24-16-6-8-17(9-7-16)25-21(31)18-10-11-20(30)28(2)27-18/h6-11,14H,3-5,12-13H2,1-2H3,(H,25,31)(H,23,24,26). The minimum absolute atomic E-state index is 0.172. The van der Waals surface area contributed by atoms with E-state index in [1.165, 1.54) is 38.4 Å². The summed E-state index contributed by atoms with van der Waals surface area (Å²) in [6, 6.07) is 11.9. The first-order valence-electron chi connectivity index (χ1n) is 10.3. The summed E-state index contributed by atoms with van der Waals surface area (Å²) in [5.74, 6) is 1.11. The molecular formula is C22H25N7O2. The average Bonchev–Trinajstić information content (AvgIpc) is 2.77. The maximum absolute atomic E-state index is 12.4. The third-order valence-electron chi connectivity index (χ3n) is 5.09. The number of carbonyl (C=O) groups excluding carboxylic acids is 1. The van der Waals surface area contributed by atoms with E-state index >= 15 is 0 Å². The van der Waals surface area contributed by atoms with Crippen LogP contribution in [0.2, 0.25) is 0 Å². The predicted molar refractivity (Wildman–Crippen MR) is 120 cm³/mol. The largest absolute Gasteiger partial charge is 0.341 e. The van der Waals surface area contributed by atoms with Gasteiger partial charge in [-0.15, -0.1) is 0 Å². The molecule has 4 rings (SSSR count). The smallest absolute Gasteiger partial charge is 0.276 e. The highest BCUT2D eigenvalue weighted by molar-refractivity contribution is 6.02. The number of aryl methyl sites for hydroxylation is 2. The third kappa shape index (κ3) is 5.06. The third-order valence-corrected chi connectivity index (χ3v) is 5.09. The molecule has 9 nitrogen and oxygen atoms in total. The highest BCUT2D eigenvalue weighted by Crippen LogP contribution is 2.22. The summed E-state index contributed by atoms with van der Waals surface area (Å²) in [5, 5.41) is 10.0. The Kier molecular flexibility index (Phi) is 5.92. The van der Waals surface area contributed by atoms with Crippen LogP contribution in [0.1, 0.15) is 35.4 Å². The van der Waals surface area contributed by atoms with Gasteiger partial charge in [0.25, 0.3) is 11.5 Å². The lowest BCUT2D eigenvalue weighted by atomic mass is 10.1. The molecule has 9 heteroatoms. The summed E-state index contributed by atoms with van der Waals surface area (Å²) < 4.78 is 1.13. The minimum Gasteiger partial charge on any atom is -0.341 e. The number of benzene rings is 1. The van der Waals surface area contributed by atoms with Crippen molar-refractivity contribution < 1.29 is 4.79 Å². The topological polar surface area (TPSA) is 105 Å².